The summed E-state index contributed by atoms with van der Waals surface area (Å²) in [4.78, 5) is 15.6. The molecule has 0 fully saturated rings. The lowest BCUT2D eigenvalue weighted by Gasteiger charge is -2.06. The van der Waals surface area contributed by atoms with E-state index in [1.54, 1.807) is 18.2 Å². The van der Waals surface area contributed by atoms with Gasteiger partial charge in [0.05, 0.1) is 9.82 Å². The highest BCUT2D eigenvalue weighted by Crippen LogP contribution is 2.33. The topological polar surface area (TPSA) is 68.1 Å². The predicted octanol–water partition coefficient (Wildman–Crippen LogP) is 3.96. The fraction of sp³-hybridized carbons (Fsp3) is 0.214. The maximum atomic E-state index is 11.0. The van der Waals surface area contributed by atoms with Crippen molar-refractivity contribution in [2.45, 2.75) is 23.3 Å². The molecular weight excluding hydrogens is 274 g/mol. The van der Waals surface area contributed by atoms with E-state index in [9.17, 15) is 10.1 Å². The van der Waals surface area contributed by atoms with Crippen LogP contribution in [0, 0.1) is 10.1 Å². The molecule has 0 amide bonds. The average molecular weight is 289 g/mol. The Kier molecular flexibility index (Phi) is 4.95. The summed E-state index contributed by atoms with van der Waals surface area (Å²) in [5.41, 5.74) is 0.103. The zero-order chi connectivity index (χ0) is 14.4. The Morgan fingerprint density at radius 2 is 2.05 bits per heavy atom. The number of hydrogen-bond acceptors (Lipinski definition) is 5. The van der Waals surface area contributed by atoms with E-state index in [0.29, 0.717) is 4.90 Å². The minimum absolute atomic E-state index is 0.103. The Labute approximate surface area is 121 Å². The molecule has 0 saturated carbocycles. The van der Waals surface area contributed by atoms with E-state index in [1.165, 1.54) is 17.8 Å². The van der Waals surface area contributed by atoms with E-state index in [2.05, 4.69) is 17.2 Å². The molecular formula is C14H15N3O2S. The van der Waals surface area contributed by atoms with Gasteiger partial charge in [-0.3, -0.25) is 10.1 Å². The molecule has 0 bridgehead atoms. The maximum absolute atomic E-state index is 11.0. The molecule has 104 valence electrons. The first-order chi connectivity index (χ1) is 9.70. The van der Waals surface area contributed by atoms with E-state index >= 15 is 0 Å². The van der Waals surface area contributed by atoms with E-state index in [0.717, 1.165) is 23.8 Å². The highest BCUT2D eigenvalue weighted by atomic mass is 32.2. The molecule has 2 rings (SSSR count). The van der Waals surface area contributed by atoms with Crippen molar-refractivity contribution < 1.29 is 4.92 Å². The Hall–Kier alpha value is -2.08. The first-order valence-corrected chi connectivity index (χ1v) is 7.14. The quantitative estimate of drug-likeness (QED) is 0.644. The van der Waals surface area contributed by atoms with Crippen molar-refractivity contribution >= 4 is 23.3 Å². The molecule has 1 heterocycles. The van der Waals surface area contributed by atoms with Crippen molar-refractivity contribution in [2.24, 2.45) is 0 Å². The minimum Gasteiger partial charge on any atom is -0.370 e. The lowest BCUT2D eigenvalue weighted by Crippen LogP contribution is -2.01. The molecule has 0 saturated heterocycles. The van der Waals surface area contributed by atoms with Gasteiger partial charge in [-0.25, -0.2) is 4.98 Å². The van der Waals surface area contributed by atoms with Gasteiger partial charge in [-0.05, 0) is 24.6 Å². The highest BCUT2D eigenvalue weighted by molar-refractivity contribution is 7.99. The zero-order valence-corrected chi connectivity index (χ0v) is 11.9. The van der Waals surface area contributed by atoms with E-state index in [1.807, 2.05) is 18.2 Å². The third kappa shape index (κ3) is 3.71. The number of pyridine rings is 1. The van der Waals surface area contributed by atoms with Crippen molar-refractivity contribution in [3.63, 3.8) is 0 Å². The SMILES string of the molecule is CCCNc1cccc(Sc2ccccc2[N+](=O)[O-])n1. The lowest BCUT2D eigenvalue weighted by molar-refractivity contribution is -0.387. The smallest absolute Gasteiger partial charge is 0.283 e. The number of para-hydroxylation sites is 1. The molecule has 0 aliphatic heterocycles. The lowest BCUT2D eigenvalue weighted by atomic mass is 10.3. The molecule has 0 spiro atoms. The summed E-state index contributed by atoms with van der Waals surface area (Å²) in [6.07, 6.45) is 1.02. The van der Waals surface area contributed by atoms with Gasteiger partial charge in [0.25, 0.3) is 5.69 Å². The van der Waals surface area contributed by atoms with Crippen molar-refractivity contribution in [1.82, 2.24) is 4.98 Å². The second-order valence-electron chi connectivity index (χ2n) is 4.11. The molecule has 1 aromatic heterocycles. The Morgan fingerprint density at radius 1 is 1.25 bits per heavy atom. The number of nitro benzene ring substituents is 1. The number of nitrogens with one attached hydrogen (secondary N) is 1. The molecule has 5 nitrogen and oxygen atoms in total. The molecule has 0 aliphatic carbocycles. The Balaban J connectivity index is 2.20. The summed E-state index contributed by atoms with van der Waals surface area (Å²) in [6, 6.07) is 12.3. The van der Waals surface area contributed by atoms with E-state index in [4.69, 9.17) is 0 Å². The summed E-state index contributed by atoms with van der Waals surface area (Å²) < 4.78 is 0. The maximum Gasteiger partial charge on any atom is 0.283 e. The molecule has 0 atom stereocenters. The van der Waals surface area contributed by atoms with Gasteiger partial charge in [-0.15, -0.1) is 0 Å². The minimum atomic E-state index is -0.373. The van der Waals surface area contributed by atoms with Crippen LogP contribution in [0.25, 0.3) is 0 Å². The third-order valence-corrected chi connectivity index (χ3v) is 3.56. The van der Waals surface area contributed by atoms with Crippen molar-refractivity contribution in [3.05, 3.63) is 52.6 Å². The monoisotopic (exact) mass is 289 g/mol. The largest absolute Gasteiger partial charge is 0.370 e. The number of rotatable bonds is 6. The highest BCUT2D eigenvalue weighted by Gasteiger charge is 2.14. The van der Waals surface area contributed by atoms with Gasteiger partial charge in [-0.1, -0.05) is 36.9 Å². The van der Waals surface area contributed by atoms with E-state index < -0.39 is 0 Å². The third-order valence-electron chi connectivity index (χ3n) is 2.56. The molecule has 1 N–H and O–H groups in total. The van der Waals surface area contributed by atoms with Crippen LogP contribution in [0.4, 0.5) is 11.5 Å². The van der Waals surface area contributed by atoms with Gasteiger partial charge in [0, 0.05) is 12.6 Å². The molecule has 2 aromatic rings. The van der Waals surface area contributed by atoms with Crippen LogP contribution in [-0.2, 0) is 0 Å². The number of hydrogen-bond donors (Lipinski definition) is 1. The predicted molar refractivity (Wildman–Crippen MR) is 80.2 cm³/mol. The van der Waals surface area contributed by atoms with Gasteiger partial charge in [-0.2, -0.15) is 0 Å². The fourth-order valence-corrected chi connectivity index (χ4v) is 2.54. The summed E-state index contributed by atoms with van der Waals surface area (Å²) >= 11 is 1.30. The van der Waals surface area contributed by atoms with Crippen LogP contribution in [0.15, 0.2) is 52.4 Å². The van der Waals surface area contributed by atoms with Crippen LogP contribution < -0.4 is 5.32 Å². The zero-order valence-electron chi connectivity index (χ0n) is 11.1. The first kappa shape index (κ1) is 14.3. The number of aromatic nitrogens is 1. The standard InChI is InChI=1S/C14H15N3O2S/c1-2-10-15-13-8-5-9-14(16-13)20-12-7-4-3-6-11(12)17(18)19/h3-9H,2,10H2,1H3,(H,15,16). The van der Waals surface area contributed by atoms with Crippen LogP contribution >= 0.6 is 11.8 Å². The average Bonchev–Trinajstić information content (AvgIpc) is 2.46. The number of nitrogens with zero attached hydrogens (tertiary/aromatic N) is 2. The van der Waals surface area contributed by atoms with Crippen LogP contribution in [0.3, 0.4) is 0 Å². The van der Waals surface area contributed by atoms with Crippen molar-refractivity contribution in [2.75, 3.05) is 11.9 Å². The molecule has 20 heavy (non-hydrogen) atoms. The van der Waals surface area contributed by atoms with Gasteiger partial charge in [0.1, 0.15) is 10.8 Å². The second kappa shape index (κ2) is 6.91. The number of nitro groups is 1. The molecule has 0 radical (unpaired) electrons. The van der Waals surface area contributed by atoms with Crippen LogP contribution in [-0.4, -0.2) is 16.5 Å². The normalized spacial score (nSPS) is 10.2. The molecule has 1 aromatic carbocycles. The first-order valence-electron chi connectivity index (χ1n) is 6.33. The van der Waals surface area contributed by atoms with Crippen LogP contribution in [0.2, 0.25) is 0 Å². The number of anilines is 1. The molecule has 0 unspecified atom stereocenters. The Morgan fingerprint density at radius 3 is 2.80 bits per heavy atom. The van der Waals surface area contributed by atoms with E-state index in [-0.39, 0.29) is 10.6 Å². The van der Waals surface area contributed by atoms with Gasteiger partial charge < -0.3 is 5.32 Å². The van der Waals surface area contributed by atoms with Gasteiger partial charge >= 0.3 is 0 Å². The summed E-state index contributed by atoms with van der Waals surface area (Å²) in [5, 5.41) is 14.9. The molecule has 0 aliphatic rings. The van der Waals surface area contributed by atoms with Crippen molar-refractivity contribution in [3.8, 4) is 0 Å². The summed E-state index contributed by atoms with van der Waals surface area (Å²) in [5.74, 6) is 0.787. The summed E-state index contributed by atoms with van der Waals surface area (Å²) in [6.45, 7) is 2.94. The fourth-order valence-electron chi connectivity index (χ4n) is 1.63. The number of benzene rings is 1. The van der Waals surface area contributed by atoms with Crippen molar-refractivity contribution in [1.29, 1.82) is 0 Å². The Bertz CT molecular complexity index is 604. The summed E-state index contributed by atoms with van der Waals surface area (Å²) in [7, 11) is 0. The van der Waals surface area contributed by atoms with Gasteiger partial charge in [0.15, 0.2) is 0 Å². The molecule has 6 heteroatoms. The second-order valence-corrected chi connectivity index (χ2v) is 5.18. The van der Waals surface area contributed by atoms with Gasteiger partial charge in [0.2, 0.25) is 0 Å². The van der Waals surface area contributed by atoms with Crippen LogP contribution in [0.5, 0.6) is 0 Å². The van der Waals surface area contributed by atoms with Crippen LogP contribution in [0.1, 0.15) is 13.3 Å².